The molecule has 1 aromatic carbocycles. The van der Waals surface area contributed by atoms with Crippen LogP contribution >= 0.6 is 11.6 Å². The zero-order valence-corrected chi connectivity index (χ0v) is 10.0. The van der Waals surface area contributed by atoms with Gasteiger partial charge < -0.3 is 10.1 Å². The van der Waals surface area contributed by atoms with Crippen LogP contribution in [0.4, 0.5) is 14.7 Å². The van der Waals surface area contributed by atoms with E-state index in [0.717, 1.165) is 6.07 Å². The molecule has 7 heteroatoms. The van der Waals surface area contributed by atoms with Crippen LogP contribution in [0.1, 0.15) is 0 Å². The third kappa shape index (κ3) is 2.48. The van der Waals surface area contributed by atoms with Crippen molar-refractivity contribution in [2.45, 2.75) is 0 Å². The van der Waals surface area contributed by atoms with Crippen LogP contribution in [0, 0.1) is 11.6 Å². The molecule has 4 nitrogen and oxygen atoms in total. The molecular weight excluding hydrogens is 264 g/mol. The summed E-state index contributed by atoms with van der Waals surface area (Å²) >= 11 is 5.80. The van der Waals surface area contributed by atoms with Crippen molar-refractivity contribution in [1.29, 1.82) is 0 Å². The predicted octanol–water partition coefficient (Wildman–Crippen LogP) is 3.24. The Morgan fingerprint density at radius 2 is 2.11 bits per heavy atom. The second-order valence-corrected chi connectivity index (χ2v) is 3.66. The lowest BCUT2D eigenvalue weighted by molar-refractivity contribution is 0.405. The molecule has 1 N–H and O–H groups in total. The van der Waals surface area contributed by atoms with Gasteiger partial charge in [-0.25, -0.2) is 9.37 Å². The fourth-order valence-electron chi connectivity index (χ4n) is 1.21. The van der Waals surface area contributed by atoms with Crippen LogP contribution in [0.15, 0.2) is 24.4 Å². The molecule has 0 unspecified atom stereocenters. The molecule has 0 saturated heterocycles. The molecule has 0 fully saturated rings. The Morgan fingerprint density at radius 3 is 2.83 bits per heavy atom. The minimum absolute atomic E-state index is 0.0551. The molecule has 18 heavy (non-hydrogen) atoms. The quantitative estimate of drug-likeness (QED) is 0.931. The number of benzene rings is 1. The number of hydrogen-bond acceptors (Lipinski definition) is 4. The van der Waals surface area contributed by atoms with Gasteiger partial charge in [-0.3, -0.25) is 0 Å². The van der Waals surface area contributed by atoms with Crippen LogP contribution in [0.5, 0.6) is 11.6 Å². The van der Waals surface area contributed by atoms with Crippen molar-refractivity contribution >= 4 is 17.5 Å². The van der Waals surface area contributed by atoms with E-state index in [1.165, 1.54) is 18.3 Å². The van der Waals surface area contributed by atoms with Crippen LogP contribution in [-0.4, -0.2) is 17.0 Å². The summed E-state index contributed by atoms with van der Waals surface area (Å²) in [4.78, 5) is 7.73. The lowest BCUT2D eigenvalue weighted by atomic mass is 10.3. The van der Waals surface area contributed by atoms with Crippen molar-refractivity contribution < 1.29 is 13.5 Å². The Hall–Kier alpha value is -1.95. The predicted molar refractivity (Wildman–Crippen MR) is 63.0 cm³/mol. The number of halogens is 3. The zero-order chi connectivity index (χ0) is 13.1. The Morgan fingerprint density at radius 1 is 1.33 bits per heavy atom. The zero-order valence-electron chi connectivity index (χ0n) is 9.25. The summed E-state index contributed by atoms with van der Waals surface area (Å²) in [7, 11) is 1.61. The van der Waals surface area contributed by atoms with Crippen molar-refractivity contribution in [2.24, 2.45) is 0 Å². The van der Waals surface area contributed by atoms with Gasteiger partial charge in [0.05, 0.1) is 6.20 Å². The van der Waals surface area contributed by atoms with E-state index in [4.69, 9.17) is 16.3 Å². The van der Waals surface area contributed by atoms with Gasteiger partial charge in [-0.15, -0.1) is 0 Å². The molecule has 1 aromatic heterocycles. The molecule has 0 radical (unpaired) electrons. The van der Waals surface area contributed by atoms with Crippen LogP contribution in [-0.2, 0) is 0 Å². The monoisotopic (exact) mass is 271 g/mol. The second-order valence-electron chi connectivity index (χ2n) is 3.25. The van der Waals surface area contributed by atoms with Gasteiger partial charge in [-0.1, -0.05) is 17.7 Å². The molecular formula is C11H8ClF2N3O. The van der Waals surface area contributed by atoms with Gasteiger partial charge >= 0.3 is 0 Å². The highest BCUT2D eigenvalue weighted by atomic mass is 35.5. The van der Waals surface area contributed by atoms with Gasteiger partial charge in [0.15, 0.2) is 11.6 Å². The molecule has 0 atom stereocenters. The Bertz CT molecular complexity index is 580. The average molecular weight is 272 g/mol. The number of hydrogen-bond donors (Lipinski definition) is 1. The van der Waals surface area contributed by atoms with Gasteiger partial charge in [-0.2, -0.15) is 9.37 Å². The fraction of sp³-hybridized carbons (Fsp3) is 0.0909. The molecule has 0 aliphatic rings. The second kappa shape index (κ2) is 5.14. The molecule has 0 spiro atoms. The Kier molecular flexibility index (Phi) is 3.57. The van der Waals surface area contributed by atoms with Crippen molar-refractivity contribution in [1.82, 2.24) is 9.97 Å². The number of nitrogens with one attached hydrogen (secondary N) is 1. The molecule has 1 heterocycles. The minimum Gasteiger partial charge on any atom is -0.434 e. The highest BCUT2D eigenvalue weighted by Gasteiger charge is 2.13. The molecule has 0 aliphatic carbocycles. The molecule has 0 aliphatic heterocycles. The molecule has 0 amide bonds. The molecule has 0 bridgehead atoms. The molecule has 0 saturated carbocycles. The third-order valence-electron chi connectivity index (χ3n) is 2.06. The minimum atomic E-state index is -1.10. The van der Waals surface area contributed by atoms with Gasteiger partial charge in [0, 0.05) is 7.05 Å². The van der Waals surface area contributed by atoms with E-state index in [1.807, 2.05) is 0 Å². The summed E-state index contributed by atoms with van der Waals surface area (Å²) in [5, 5.41) is 2.77. The first-order valence-electron chi connectivity index (χ1n) is 4.94. The highest BCUT2D eigenvalue weighted by molar-refractivity contribution is 6.31. The normalized spacial score (nSPS) is 10.2. The number of nitrogens with zero attached hydrogens (tertiary/aromatic N) is 2. The average Bonchev–Trinajstić information content (AvgIpc) is 2.37. The third-order valence-corrected chi connectivity index (χ3v) is 2.32. The van der Waals surface area contributed by atoms with E-state index in [-0.39, 0.29) is 22.6 Å². The topological polar surface area (TPSA) is 47.0 Å². The summed E-state index contributed by atoms with van der Waals surface area (Å²) in [6.07, 6.45) is 1.30. The maximum Gasteiger partial charge on any atom is 0.243 e. The van der Waals surface area contributed by atoms with Gasteiger partial charge in [-0.05, 0) is 12.1 Å². The van der Waals surface area contributed by atoms with Crippen molar-refractivity contribution in [2.75, 3.05) is 12.4 Å². The van der Waals surface area contributed by atoms with Crippen molar-refractivity contribution in [3.05, 3.63) is 41.1 Å². The lowest BCUT2D eigenvalue weighted by Gasteiger charge is -2.08. The molecule has 2 rings (SSSR count). The van der Waals surface area contributed by atoms with Crippen molar-refractivity contribution in [3.8, 4) is 11.6 Å². The first-order chi connectivity index (χ1) is 8.61. The van der Waals surface area contributed by atoms with Gasteiger partial charge in [0.1, 0.15) is 5.02 Å². The van der Waals surface area contributed by atoms with E-state index in [9.17, 15) is 8.78 Å². The SMILES string of the molecule is CNc1ncc(Cl)c(Oc2cccc(F)c2F)n1. The summed E-state index contributed by atoms with van der Waals surface area (Å²) in [5.74, 6) is -2.20. The standard InChI is InChI=1S/C11H8ClF2N3O/c1-15-11-16-5-6(12)10(17-11)18-8-4-2-3-7(13)9(8)14/h2-5H,1H3,(H,15,16,17). The number of aromatic nitrogens is 2. The summed E-state index contributed by atoms with van der Waals surface area (Å²) in [6.45, 7) is 0. The maximum atomic E-state index is 13.4. The number of ether oxygens (including phenoxy) is 1. The van der Waals surface area contributed by atoms with Crippen molar-refractivity contribution in [3.63, 3.8) is 0 Å². The van der Waals surface area contributed by atoms with Crippen LogP contribution < -0.4 is 10.1 Å². The van der Waals surface area contributed by atoms with Gasteiger partial charge in [0.25, 0.3) is 0 Å². The largest absolute Gasteiger partial charge is 0.434 e. The van der Waals surface area contributed by atoms with E-state index in [1.54, 1.807) is 7.05 Å². The Labute approximate surface area is 107 Å². The number of anilines is 1. The van der Waals surface area contributed by atoms with Crippen LogP contribution in [0.25, 0.3) is 0 Å². The summed E-state index contributed by atoms with van der Waals surface area (Å²) in [6, 6.07) is 3.58. The maximum absolute atomic E-state index is 13.4. The highest BCUT2D eigenvalue weighted by Crippen LogP contribution is 2.29. The van der Waals surface area contributed by atoms with E-state index in [2.05, 4.69) is 15.3 Å². The first kappa shape index (κ1) is 12.5. The summed E-state index contributed by atoms with van der Waals surface area (Å²) < 4.78 is 31.5. The molecule has 2 aromatic rings. The lowest BCUT2D eigenvalue weighted by Crippen LogP contribution is -1.99. The smallest absolute Gasteiger partial charge is 0.243 e. The first-order valence-corrected chi connectivity index (χ1v) is 5.31. The molecule has 94 valence electrons. The van der Waals surface area contributed by atoms with E-state index >= 15 is 0 Å². The van der Waals surface area contributed by atoms with E-state index < -0.39 is 11.6 Å². The van der Waals surface area contributed by atoms with Crippen LogP contribution in [0.3, 0.4) is 0 Å². The Balaban J connectivity index is 2.36. The van der Waals surface area contributed by atoms with Crippen LogP contribution in [0.2, 0.25) is 5.02 Å². The van der Waals surface area contributed by atoms with Gasteiger partial charge in [0.2, 0.25) is 17.6 Å². The fourth-order valence-corrected chi connectivity index (χ4v) is 1.34. The number of rotatable bonds is 3. The summed E-state index contributed by atoms with van der Waals surface area (Å²) in [5.41, 5.74) is 0. The van der Waals surface area contributed by atoms with E-state index in [0.29, 0.717) is 0 Å².